The highest BCUT2D eigenvalue weighted by molar-refractivity contribution is 6.33. The molecule has 3 aromatic rings. The van der Waals surface area contributed by atoms with Crippen LogP contribution in [-0.2, 0) is 11.2 Å². The van der Waals surface area contributed by atoms with Crippen molar-refractivity contribution in [3.05, 3.63) is 65.3 Å². The van der Waals surface area contributed by atoms with Crippen molar-refractivity contribution in [3.63, 3.8) is 0 Å². The van der Waals surface area contributed by atoms with Gasteiger partial charge < -0.3 is 9.73 Å². The van der Waals surface area contributed by atoms with Crippen LogP contribution in [-0.4, -0.2) is 15.9 Å². The van der Waals surface area contributed by atoms with Gasteiger partial charge in [-0.3, -0.25) is 4.79 Å². The summed E-state index contributed by atoms with van der Waals surface area (Å²) in [6, 6.07) is 11.1. The van der Waals surface area contributed by atoms with E-state index in [9.17, 15) is 4.79 Å². The molecule has 1 aromatic carbocycles. The third-order valence-corrected chi connectivity index (χ3v) is 3.77. The molecule has 0 spiro atoms. The molecule has 0 bridgehead atoms. The zero-order valence-corrected chi connectivity index (χ0v) is 13.9. The van der Waals surface area contributed by atoms with E-state index in [-0.39, 0.29) is 12.3 Å². The molecular weight excluding hydrogens is 326 g/mol. The minimum atomic E-state index is -0.134. The normalized spacial score (nSPS) is 10.6. The predicted octanol–water partition coefficient (Wildman–Crippen LogP) is 4.27. The van der Waals surface area contributed by atoms with E-state index in [0.29, 0.717) is 28.9 Å². The maximum absolute atomic E-state index is 12.0. The lowest BCUT2D eigenvalue weighted by Crippen LogP contribution is -2.13. The summed E-state index contributed by atoms with van der Waals surface area (Å²) in [6.07, 6.45) is 3.95. The van der Waals surface area contributed by atoms with Crippen LogP contribution in [0.2, 0.25) is 5.02 Å². The van der Waals surface area contributed by atoms with Crippen LogP contribution in [0, 0.1) is 6.92 Å². The van der Waals surface area contributed by atoms with E-state index in [1.54, 1.807) is 18.5 Å². The Kier molecular flexibility index (Phi) is 4.91. The number of hydrogen-bond acceptors (Lipinski definition) is 4. The van der Waals surface area contributed by atoms with E-state index >= 15 is 0 Å². The number of aromatic nitrogens is 2. The summed E-state index contributed by atoms with van der Waals surface area (Å²) in [6.45, 7) is 1.94. The number of carbonyl (C=O) groups excluding carboxylic acids is 1. The number of pyridine rings is 1. The minimum Gasteiger partial charge on any atom is -0.441 e. The second-order valence-corrected chi connectivity index (χ2v) is 5.77. The average molecular weight is 342 g/mol. The molecule has 0 saturated heterocycles. The smallest absolute Gasteiger partial charge is 0.226 e. The van der Waals surface area contributed by atoms with Gasteiger partial charge in [0.2, 0.25) is 5.91 Å². The van der Waals surface area contributed by atoms with Crippen molar-refractivity contribution in [2.75, 3.05) is 5.32 Å². The minimum absolute atomic E-state index is 0.134. The molecule has 0 fully saturated rings. The van der Waals surface area contributed by atoms with Gasteiger partial charge in [-0.25, -0.2) is 9.97 Å². The first-order valence-electron chi connectivity index (χ1n) is 7.54. The molecule has 1 amide bonds. The number of hydrogen-bond donors (Lipinski definition) is 1. The van der Waals surface area contributed by atoms with E-state index < -0.39 is 0 Å². The molecule has 0 aliphatic heterocycles. The number of nitrogens with one attached hydrogen (secondary N) is 1. The molecule has 3 rings (SSSR count). The molecule has 122 valence electrons. The Bertz CT molecular complexity index is 861. The molecule has 0 aliphatic rings. The summed E-state index contributed by atoms with van der Waals surface area (Å²) >= 11 is 6.14. The first-order chi connectivity index (χ1) is 11.6. The number of anilines is 1. The summed E-state index contributed by atoms with van der Waals surface area (Å²) < 4.78 is 5.68. The number of amides is 1. The number of rotatable bonds is 5. The Labute approximate surface area is 144 Å². The van der Waals surface area contributed by atoms with Crippen molar-refractivity contribution >= 4 is 23.3 Å². The number of oxazole rings is 1. The van der Waals surface area contributed by atoms with Gasteiger partial charge in [-0.2, -0.15) is 0 Å². The van der Waals surface area contributed by atoms with Crippen LogP contribution in [0.3, 0.4) is 0 Å². The molecule has 0 saturated carbocycles. The highest BCUT2D eigenvalue weighted by atomic mass is 35.5. The fourth-order valence-corrected chi connectivity index (χ4v) is 2.47. The summed E-state index contributed by atoms with van der Waals surface area (Å²) in [7, 11) is 0. The fraction of sp³-hybridized carbons (Fsp3) is 0.167. The van der Waals surface area contributed by atoms with Gasteiger partial charge >= 0.3 is 0 Å². The van der Waals surface area contributed by atoms with Crippen LogP contribution >= 0.6 is 11.6 Å². The maximum atomic E-state index is 12.0. The van der Waals surface area contributed by atoms with E-state index in [1.165, 1.54) is 0 Å². The first-order valence-corrected chi connectivity index (χ1v) is 7.92. The van der Waals surface area contributed by atoms with Crippen molar-refractivity contribution in [2.24, 2.45) is 0 Å². The van der Waals surface area contributed by atoms with Crippen molar-refractivity contribution in [1.82, 2.24) is 9.97 Å². The van der Waals surface area contributed by atoms with Crippen LogP contribution < -0.4 is 5.32 Å². The largest absolute Gasteiger partial charge is 0.441 e. The van der Waals surface area contributed by atoms with Crippen LogP contribution in [0.1, 0.15) is 17.9 Å². The van der Waals surface area contributed by atoms with E-state index in [1.807, 2.05) is 37.3 Å². The highest BCUT2D eigenvalue weighted by Crippen LogP contribution is 2.28. The molecule has 24 heavy (non-hydrogen) atoms. The van der Waals surface area contributed by atoms with Crippen molar-refractivity contribution in [3.8, 4) is 11.3 Å². The lowest BCUT2D eigenvalue weighted by atomic mass is 10.2. The SMILES string of the molecule is Cc1ccnc(NC(=O)CCc2ncc(-c3ccccc3Cl)o2)c1. The second kappa shape index (κ2) is 7.27. The number of carbonyl (C=O) groups is 1. The monoisotopic (exact) mass is 341 g/mol. The second-order valence-electron chi connectivity index (χ2n) is 5.36. The Balaban J connectivity index is 1.59. The van der Waals surface area contributed by atoms with Gasteiger partial charge in [-0.1, -0.05) is 23.7 Å². The van der Waals surface area contributed by atoms with Gasteiger partial charge in [-0.15, -0.1) is 0 Å². The van der Waals surface area contributed by atoms with Crippen LogP contribution in [0.4, 0.5) is 5.82 Å². The third kappa shape index (κ3) is 4.00. The Morgan fingerprint density at radius 2 is 2.08 bits per heavy atom. The molecule has 0 aliphatic carbocycles. The summed E-state index contributed by atoms with van der Waals surface area (Å²) in [5, 5.41) is 3.36. The molecule has 2 heterocycles. The summed E-state index contributed by atoms with van der Waals surface area (Å²) in [5.74, 6) is 1.50. The average Bonchev–Trinajstić information content (AvgIpc) is 3.02. The van der Waals surface area contributed by atoms with Crippen molar-refractivity contribution in [2.45, 2.75) is 19.8 Å². The standard InChI is InChI=1S/C18H16ClN3O2/c1-12-8-9-20-16(10-12)22-17(23)6-7-18-21-11-15(24-18)13-4-2-3-5-14(13)19/h2-5,8-11H,6-7H2,1H3,(H,20,22,23). The molecular formula is C18H16ClN3O2. The van der Waals surface area contributed by atoms with Crippen LogP contribution in [0.25, 0.3) is 11.3 Å². The fourth-order valence-electron chi connectivity index (χ4n) is 2.24. The van der Waals surface area contributed by atoms with Gasteiger partial charge in [0.15, 0.2) is 11.7 Å². The topological polar surface area (TPSA) is 68.0 Å². The molecule has 5 nitrogen and oxygen atoms in total. The van der Waals surface area contributed by atoms with Gasteiger partial charge in [0, 0.05) is 24.6 Å². The molecule has 6 heteroatoms. The maximum Gasteiger partial charge on any atom is 0.226 e. The van der Waals surface area contributed by atoms with Crippen molar-refractivity contribution in [1.29, 1.82) is 0 Å². The lowest BCUT2D eigenvalue weighted by molar-refractivity contribution is -0.116. The van der Waals surface area contributed by atoms with E-state index in [4.69, 9.17) is 16.0 Å². The van der Waals surface area contributed by atoms with Crippen LogP contribution in [0.15, 0.2) is 53.2 Å². The Morgan fingerprint density at radius 1 is 1.25 bits per heavy atom. The van der Waals surface area contributed by atoms with Gasteiger partial charge in [0.05, 0.1) is 11.2 Å². The molecule has 0 atom stereocenters. The Hall–Kier alpha value is -2.66. The molecule has 1 N–H and O–H groups in total. The number of aryl methyl sites for hydroxylation is 2. The highest BCUT2D eigenvalue weighted by Gasteiger charge is 2.11. The zero-order chi connectivity index (χ0) is 16.9. The zero-order valence-electron chi connectivity index (χ0n) is 13.1. The van der Waals surface area contributed by atoms with Gasteiger partial charge in [0.25, 0.3) is 0 Å². The van der Waals surface area contributed by atoms with E-state index in [2.05, 4.69) is 15.3 Å². The summed E-state index contributed by atoms with van der Waals surface area (Å²) in [5.41, 5.74) is 1.82. The number of nitrogens with zero attached hydrogens (tertiary/aromatic N) is 2. The molecule has 0 radical (unpaired) electrons. The van der Waals surface area contributed by atoms with Gasteiger partial charge in [0.1, 0.15) is 5.82 Å². The first kappa shape index (κ1) is 16.2. The third-order valence-electron chi connectivity index (χ3n) is 3.44. The number of halogens is 1. The Morgan fingerprint density at radius 3 is 2.88 bits per heavy atom. The molecule has 0 unspecified atom stereocenters. The number of benzene rings is 1. The van der Waals surface area contributed by atoms with Crippen molar-refractivity contribution < 1.29 is 9.21 Å². The van der Waals surface area contributed by atoms with Gasteiger partial charge in [-0.05, 0) is 36.8 Å². The summed E-state index contributed by atoms with van der Waals surface area (Å²) in [4.78, 5) is 20.3. The lowest BCUT2D eigenvalue weighted by Gasteiger charge is -2.04. The predicted molar refractivity (Wildman–Crippen MR) is 92.9 cm³/mol. The van der Waals surface area contributed by atoms with E-state index in [0.717, 1.165) is 11.1 Å². The quantitative estimate of drug-likeness (QED) is 0.752. The van der Waals surface area contributed by atoms with Crippen LogP contribution in [0.5, 0.6) is 0 Å². The molecule has 2 aromatic heterocycles.